The van der Waals surface area contributed by atoms with Crippen LogP contribution in [-0.4, -0.2) is 23.2 Å². The first-order valence-electron chi connectivity index (χ1n) is 6.57. The topological polar surface area (TPSA) is 49.3 Å². The average Bonchev–Trinajstić information content (AvgIpc) is 2.41. The van der Waals surface area contributed by atoms with Gasteiger partial charge in [-0.1, -0.05) is 36.6 Å². The van der Waals surface area contributed by atoms with Crippen LogP contribution < -0.4 is 5.32 Å². The highest BCUT2D eigenvalue weighted by molar-refractivity contribution is 6.30. The first-order valence-corrected chi connectivity index (χ1v) is 6.95. The van der Waals surface area contributed by atoms with Crippen LogP contribution in [-0.2, 0) is 4.79 Å². The number of carbonyl (C=O) groups excluding carboxylic acids is 1. The van der Waals surface area contributed by atoms with Crippen molar-refractivity contribution in [2.75, 3.05) is 0 Å². The molecule has 0 unspecified atom stereocenters. The Hall–Kier alpha value is -1.32. The quantitative estimate of drug-likeness (QED) is 0.836. The molecule has 3 nitrogen and oxygen atoms in total. The van der Waals surface area contributed by atoms with E-state index in [4.69, 9.17) is 11.6 Å². The van der Waals surface area contributed by atoms with Gasteiger partial charge < -0.3 is 10.4 Å². The van der Waals surface area contributed by atoms with Crippen molar-refractivity contribution in [2.45, 2.75) is 37.8 Å². The molecular weight excluding hydrogens is 262 g/mol. The van der Waals surface area contributed by atoms with E-state index in [1.54, 1.807) is 18.2 Å². The van der Waals surface area contributed by atoms with Gasteiger partial charge in [-0.05, 0) is 36.6 Å². The second-order valence-corrected chi connectivity index (χ2v) is 5.29. The SMILES string of the molecule is O=C(/C=C/c1ccc(Cl)cc1)N[C@H]1CCCC[C@@H]1O. The summed E-state index contributed by atoms with van der Waals surface area (Å²) in [5.41, 5.74) is 0.920. The van der Waals surface area contributed by atoms with Gasteiger partial charge in [-0.25, -0.2) is 0 Å². The Labute approximate surface area is 118 Å². The maximum absolute atomic E-state index is 11.8. The third-order valence-corrected chi connectivity index (χ3v) is 3.61. The minimum Gasteiger partial charge on any atom is -0.391 e. The summed E-state index contributed by atoms with van der Waals surface area (Å²) in [6, 6.07) is 7.15. The number of carbonyl (C=O) groups is 1. The molecule has 0 radical (unpaired) electrons. The van der Waals surface area contributed by atoms with E-state index < -0.39 is 6.10 Å². The number of hydrogen-bond acceptors (Lipinski definition) is 2. The molecule has 1 aliphatic rings. The second kappa shape index (κ2) is 6.73. The summed E-state index contributed by atoms with van der Waals surface area (Å²) in [4.78, 5) is 11.8. The fourth-order valence-corrected chi connectivity index (χ4v) is 2.38. The van der Waals surface area contributed by atoms with Crippen LogP contribution in [0.15, 0.2) is 30.3 Å². The van der Waals surface area contributed by atoms with Gasteiger partial charge >= 0.3 is 0 Å². The van der Waals surface area contributed by atoms with Gasteiger partial charge in [0.2, 0.25) is 5.91 Å². The van der Waals surface area contributed by atoms with E-state index in [9.17, 15) is 9.90 Å². The van der Waals surface area contributed by atoms with Crippen molar-refractivity contribution >= 4 is 23.6 Å². The van der Waals surface area contributed by atoms with Crippen LogP contribution in [0.3, 0.4) is 0 Å². The fraction of sp³-hybridized carbons (Fsp3) is 0.400. The Kier molecular flexibility index (Phi) is 5.00. The normalized spacial score (nSPS) is 23.5. The van der Waals surface area contributed by atoms with Crippen LogP contribution in [0.5, 0.6) is 0 Å². The van der Waals surface area contributed by atoms with Crippen LogP contribution in [0.4, 0.5) is 0 Å². The van der Waals surface area contributed by atoms with Crippen LogP contribution in [0.1, 0.15) is 31.2 Å². The zero-order chi connectivity index (χ0) is 13.7. The Bertz CT molecular complexity index is 456. The molecule has 1 aromatic rings. The van der Waals surface area contributed by atoms with Gasteiger partial charge in [0.05, 0.1) is 12.1 Å². The summed E-state index contributed by atoms with van der Waals surface area (Å²) in [5.74, 6) is -0.166. The molecule has 2 atom stereocenters. The minimum atomic E-state index is -0.415. The van der Waals surface area contributed by atoms with Gasteiger partial charge in [0.15, 0.2) is 0 Å². The van der Waals surface area contributed by atoms with Crippen molar-refractivity contribution in [2.24, 2.45) is 0 Å². The standard InChI is InChI=1S/C15H18ClNO2/c16-12-8-5-11(6-9-12)7-10-15(19)17-13-3-1-2-4-14(13)18/h5-10,13-14,18H,1-4H2,(H,17,19)/b10-7+/t13-,14-/m0/s1. The maximum atomic E-state index is 11.8. The Balaban J connectivity index is 1.88. The molecule has 0 saturated heterocycles. The molecule has 1 aromatic carbocycles. The lowest BCUT2D eigenvalue weighted by molar-refractivity contribution is -0.118. The molecule has 2 rings (SSSR count). The Morgan fingerprint density at radius 2 is 1.95 bits per heavy atom. The van der Waals surface area contributed by atoms with E-state index in [1.165, 1.54) is 6.08 Å². The summed E-state index contributed by atoms with van der Waals surface area (Å²) < 4.78 is 0. The highest BCUT2D eigenvalue weighted by Gasteiger charge is 2.23. The summed E-state index contributed by atoms with van der Waals surface area (Å²) in [5, 5.41) is 13.3. The summed E-state index contributed by atoms with van der Waals surface area (Å²) in [6.45, 7) is 0. The largest absolute Gasteiger partial charge is 0.391 e. The van der Waals surface area contributed by atoms with Gasteiger partial charge in [0.25, 0.3) is 0 Å². The number of benzene rings is 1. The van der Waals surface area contributed by atoms with Crippen molar-refractivity contribution in [3.63, 3.8) is 0 Å². The summed E-state index contributed by atoms with van der Waals surface area (Å²) in [7, 11) is 0. The van der Waals surface area contributed by atoms with Gasteiger partial charge in [-0.3, -0.25) is 4.79 Å². The van der Waals surface area contributed by atoms with E-state index in [0.717, 1.165) is 31.2 Å². The molecule has 1 saturated carbocycles. The second-order valence-electron chi connectivity index (χ2n) is 4.85. The highest BCUT2D eigenvalue weighted by Crippen LogP contribution is 2.18. The molecule has 0 bridgehead atoms. The monoisotopic (exact) mass is 279 g/mol. The zero-order valence-electron chi connectivity index (χ0n) is 10.7. The number of hydrogen-bond donors (Lipinski definition) is 2. The third kappa shape index (κ3) is 4.37. The molecule has 0 aromatic heterocycles. The minimum absolute atomic E-state index is 0.115. The molecule has 0 heterocycles. The van der Waals surface area contributed by atoms with Crippen molar-refractivity contribution < 1.29 is 9.90 Å². The summed E-state index contributed by atoms with van der Waals surface area (Å²) in [6.07, 6.45) is 6.53. The maximum Gasteiger partial charge on any atom is 0.244 e. The number of aliphatic hydroxyl groups excluding tert-OH is 1. The lowest BCUT2D eigenvalue weighted by Crippen LogP contribution is -2.44. The smallest absolute Gasteiger partial charge is 0.244 e. The fourth-order valence-electron chi connectivity index (χ4n) is 2.26. The lowest BCUT2D eigenvalue weighted by atomic mass is 9.92. The van der Waals surface area contributed by atoms with Crippen molar-refractivity contribution in [1.29, 1.82) is 0 Å². The zero-order valence-corrected chi connectivity index (χ0v) is 11.4. The van der Waals surface area contributed by atoms with E-state index >= 15 is 0 Å². The molecule has 1 aliphatic carbocycles. The van der Waals surface area contributed by atoms with Crippen molar-refractivity contribution in [3.8, 4) is 0 Å². The molecule has 4 heteroatoms. The molecular formula is C15H18ClNO2. The number of rotatable bonds is 3. The molecule has 102 valence electrons. The van der Waals surface area contributed by atoms with E-state index in [1.807, 2.05) is 12.1 Å². The third-order valence-electron chi connectivity index (χ3n) is 3.35. The number of amides is 1. The molecule has 0 spiro atoms. The number of halogens is 1. The van der Waals surface area contributed by atoms with Crippen LogP contribution in [0.2, 0.25) is 5.02 Å². The van der Waals surface area contributed by atoms with Crippen molar-refractivity contribution in [1.82, 2.24) is 5.32 Å². The molecule has 2 N–H and O–H groups in total. The van der Waals surface area contributed by atoms with Crippen LogP contribution in [0.25, 0.3) is 6.08 Å². The van der Waals surface area contributed by atoms with E-state index in [-0.39, 0.29) is 11.9 Å². The predicted octanol–water partition coefficient (Wildman–Crippen LogP) is 2.77. The Morgan fingerprint density at radius 3 is 2.63 bits per heavy atom. The molecule has 1 fully saturated rings. The molecule has 1 amide bonds. The highest BCUT2D eigenvalue weighted by atomic mass is 35.5. The number of nitrogens with one attached hydrogen (secondary N) is 1. The number of aliphatic hydroxyl groups is 1. The molecule has 0 aliphatic heterocycles. The Morgan fingerprint density at radius 1 is 1.26 bits per heavy atom. The average molecular weight is 280 g/mol. The van der Waals surface area contributed by atoms with Crippen molar-refractivity contribution in [3.05, 3.63) is 40.9 Å². The predicted molar refractivity (Wildman–Crippen MR) is 76.9 cm³/mol. The first-order chi connectivity index (χ1) is 9.15. The van der Waals surface area contributed by atoms with Crippen LogP contribution >= 0.6 is 11.6 Å². The van der Waals surface area contributed by atoms with E-state index in [0.29, 0.717) is 5.02 Å². The van der Waals surface area contributed by atoms with Gasteiger partial charge in [0.1, 0.15) is 0 Å². The lowest BCUT2D eigenvalue weighted by Gasteiger charge is -2.27. The molecule has 19 heavy (non-hydrogen) atoms. The summed E-state index contributed by atoms with van der Waals surface area (Å²) >= 11 is 5.79. The van der Waals surface area contributed by atoms with Gasteiger partial charge in [-0.2, -0.15) is 0 Å². The van der Waals surface area contributed by atoms with Gasteiger partial charge in [0, 0.05) is 11.1 Å². The van der Waals surface area contributed by atoms with Gasteiger partial charge in [-0.15, -0.1) is 0 Å². The van der Waals surface area contributed by atoms with E-state index in [2.05, 4.69) is 5.32 Å². The van der Waals surface area contributed by atoms with Crippen LogP contribution in [0, 0.1) is 0 Å². The first kappa shape index (κ1) is 14.1.